The predicted molar refractivity (Wildman–Crippen MR) is 105 cm³/mol. The van der Waals surface area contributed by atoms with Gasteiger partial charge in [-0.05, 0) is 31.3 Å². The van der Waals surface area contributed by atoms with E-state index in [0.29, 0.717) is 0 Å². The van der Waals surface area contributed by atoms with Crippen molar-refractivity contribution in [3.63, 3.8) is 0 Å². The molecule has 2 rings (SSSR count). The Morgan fingerprint density at radius 2 is 1.64 bits per heavy atom. The van der Waals surface area contributed by atoms with E-state index in [0.717, 1.165) is 11.3 Å². The molecular formula is C14H16Cl3N3O3S2. The topological polar surface area (TPSA) is 87.3 Å². The normalized spacial score (nSPS) is 22.2. The number of rotatable bonds is 3. The molecule has 25 heavy (non-hydrogen) atoms. The number of benzene rings is 1. The number of hydrogen-bond acceptors (Lipinski definition) is 4. The molecule has 1 aliphatic rings. The molecule has 3 N–H and O–H groups in total. The van der Waals surface area contributed by atoms with Crippen LogP contribution in [0, 0.1) is 6.92 Å². The molecule has 1 saturated heterocycles. The van der Waals surface area contributed by atoms with Crippen molar-refractivity contribution in [2.75, 3.05) is 16.8 Å². The molecule has 0 bridgehead atoms. The molecule has 1 amide bonds. The fourth-order valence-electron chi connectivity index (χ4n) is 2.35. The SMILES string of the molecule is Cc1ccc(NC(=S)N[C@H]2CS(=O)(=O)C[C@H]2NC(=O)C(Cl)(Cl)Cl)cc1. The molecule has 0 unspecified atom stereocenters. The van der Waals surface area contributed by atoms with E-state index in [-0.39, 0.29) is 16.6 Å². The maximum atomic E-state index is 11.9. The Kier molecular flexibility index (Phi) is 6.43. The molecule has 6 nitrogen and oxygen atoms in total. The zero-order valence-electron chi connectivity index (χ0n) is 13.1. The number of hydrogen-bond donors (Lipinski definition) is 3. The van der Waals surface area contributed by atoms with Crippen molar-refractivity contribution in [3.05, 3.63) is 29.8 Å². The van der Waals surface area contributed by atoms with Crippen LogP contribution in [0.3, 0.4) is 0 Å². The van der Waals surface area contributed by atoms with Gasteiger partial charge in [-0.25, -0.2) is 8.42 Å². The summed E-state index contributed by atoms with van der Waals surface area (Å²) in [6.45, 7) is 1.96. The highest BCUT2D eigenvalue weighted by atomic mass is 35.6. The summed E-state index contributed by atoms with van der Waals surface area (Å²) in [5.41, 5.74) is 1.85. The Bertz CT molecular complexity index is 764. The van der Waals surface area contributed by atoms with Crippen LogP contribution < -0.4 is 16.0 Å². The van der Waals surface area contributed by atoms with Crippen LogP contribution in [0.5, 0.6) is 0 Å². The van der Waals surface area contributed by atoms with Crippen LogP contribution in [0.15, 0.2) is 24.3 Å². The summed E-state index contributed by atoms with van der Waals surface area (Å²) < 4.78 is 21.6. The van der Waals surface area contributed by atoms with Gasteiger partial charge < -0.3 is 16.0 Å². The van der Waals surface area contributed by atoms with Crippen LogP contribution in [0.4, 0.5) is 5.69 Å². The minimum absolute atomic E-state index is 0.187. The number of amides is 1. The second-order valence-corrected chi connectivity index (χ2v) is 10.6. The number of carbonyl (C=O) groups is 1. The molecule has 0 radical (unpaired) electrons. The van der Waals surface area contributed by atoms with Gasteiger partial charge in [0.05, 0.1) is 23.6 Å². The van der Waals surface area contributed by atoms with Crippen LogP contribution in [0.25, 0.3) is 0 Å². The Labute approximate surface area is 166 Å². The first-order valence-electron chi connectivity index (χ1n) is 7.18. The zero-order valence-corrected chi connectivity index (χ0v) is 17.0. The molecule has 0 aliphatic carbocycles. The number of sulfone groups is 1. The van der Waals surface area contributed by atoms with Crippen molar-refractivity contribution in [1.29, 1.82) is 0 Å². The number of aryl methyl sites for hydroxylation is 1. The third kappa shape index (κ3) is 6.14. The van der Waals surface area contributed by atoms with Gasteiger partial charge in [0, 0.05) is 5.69 Å². The van der Waals surface area contributed by atoms with E-state index < -0.39 is 31.6 Å². The van der Waals surface area contributed by atoms with E-state index in [9.17, 15) is 13.2 Å². The van der Waals surface area contributed by atoms with Crippen LogP contribution in [-0.4, -0.2) is 46.8 Å². The number of halogens is 3. The van der Waals surface area contributed by atoms with E-state index >= 15 is 0 Å². The van der Waals surface area contributed by atoms with Crippen molar-refractivity contribution in [3.8, 4) is 0 Å². The Morgan fingerprint density at radius 1 is 1.12 bits per heavy atom. The molecule has 11 heteroatoms. The van der Waals surface area contributed by atoms with Crippen LogP contribution in [-0.2, 0) is 14.6 Å². The van der Waals surface area contributed by atoms with E-state index in [1.54, 1.807) is 0 Å². The summed E-state index contributed by atoms with van der Waals surface area (Å²) in [5, 5.41) is 8.54. The fourth-order valence-corrected chi connectivity index (χ4v) is 4.65. The first-order chi connectivity index (χ1) is 11.5. The lowest BCUT2D eigenvalue weighted by Gasteiger charge is -2.24. The highest BCUT2D eigenvalue weighted by Crippen LogP contribution is 2.27. The third-order valence-corrected chi connectivity index (χ3v) is 6.02. The highest BCUT2D eigenvalue weighted by Gasteiger charge is 2.42. The Balaban J connectivity index is 2.03. The van der Waals surface area contributed by atoms with Gasteiger partial charge in [-0.1, -0.05) is 52.5 Å². The van der Waals surface area contributed by atoms with Crippen LogP contribution >= 0.6 is 47.0 Å². The predicted octanol–water partition coefficient (Wildman–Crippen LogP) is 1.93. The molecule has 0 aromatic heterocycles. The van der Waals surface area contributed by atoms with E-state index in [1.807, 2.05) is 31.2 Å². The molecule has 1 aliphatic heterocycles. The van der Waals surface area contributed by atoms with Gasteiger partial charge >= 0.3 is 0 Å². The largest absolute Gasteiger partial charge is 0.357 e. The Morgan fingerprint density at radius 3 is 2.16 bits per heavy atom. The molecule has 2 atom stereocenters. The molecule has 1 aromatic rings. The number of carbonyl (C=O) groups excluding carboxylic acids is 1. The molecule has 0 saturated carbocycles. The van der Waals surface area contributed by atoms with Crippen molar-refractivity contribution < 1.29 is 13.2 Å². The van der Waals surface area contributed by atoms with Crippen molar-refractivity contribution in [2.24, 2.45) is 0 Å². The van der Waals surface area contributed by atoms with Crippen LogP contribution in [0.1, 0.15) is 5.56 Å². The summed E-state index contributed by atoms with van der Waals surface area (Å²) in [4.78, 5) is 11.8. The maximum Gasteiger partial charge on any atom is 0.272 e. The summed E-state index contributed by atoms with van der Waals surface area (Å²) in [6.07, 6.45) is 0. The maximum absolute atomic E-state index is 11.9. The minimum Gasteiger partial charge on any atom is -0.357 e. The monoisotopic (exact) mass is 443 g/mol. The lowest BCUT2D eigenvalue weighted by Crippen LogP contribution is -2.53. The number of alkyl halides is 3. The van der Waals surface area contributed by atoms with Gasteiger partial charge in [-0.15, -0.1) is 0 Å². The molecule has 138 valence electrons. The van der Waals surface area contributed by atoms with Crippen LogP contribution in [0.2, 0.25) is 0 Å². The zero-order chi connectivity index (χ0) is 18.8. The number of nitrogens with one attached hydrogen (secondary N) is 3. The fraction of sp³-hybridized carbons (Fsp3) is 0.429. The smallest absolute Gasteiger partial charge is 0.272 e. The van der Waals surface area contributed by atoms with Gasteiger partial charge in [0.2, 0.25) is 0 Å². The van der Waals surface area contributed by atoms with E-state index in [1.165, 1.54) is 0 Å². The van der Waals surface area contributed by atoms with Crippen molar-refractivity contribution in [1.82, 2.24) is 10.6 Å². The van der Waals surface area contributed by atoms with Gasteiger partial charge in [-0.3, -0.25) is 4.79 Å². The van der Waals surface area contributed by atoms with Crippen molar-refractivity contribution in [2.45, 2.75) is 22.8 Å². The summed E-state index contributed by atoms with van der Waals surface area (Å²) >= 11 is 21.8. The highest BCUT2D eigenvalue weighted by molar-refractivity contribution is 7.91. The first kappa shape index (κ1) is 20.5. The second kappa shape index (κ2) is 7.84. The first-order valence-corrected chi connectivity index (χ1v) is 10.5. The lowest BCUT2D eigenvalue weighted by atomic mass is 10.2. The molecule has 0 spiro atoms. The van der Waals surface area contributed by atoms with Gasteiger partial charge in [0.25, 0.3) is 9.70 Å². The number of anilines is 1. The molecule has 1 fully saturated rings. The van der Waals surface area contributed by atoms with Gasteiger partial charge in [0.1, 0.15) is 0 Å². The standard InChI is InChI=1S/C14H16Cl3N3O3S2/c1-8-2-4-9(5-3-8)18-13(24)20-11-7-25(22,23)6-10(11)19-12(21)14(15,16)17/h2-5,10-11H,6-7H2,1H3,(H,19,21)(H2,18,20,24)/t10-,11+/m1/s1. The average Bonchev–Trinajstić information content (AvgIpc) is 2.74. The second-order valence-electron chi connectivity index (χ2n) is 5.73. The van der Waals surface area contributed by atoms with Gasteiger partial charge in [-0.2, -0.15) is 0 Å². The minimum atomic E-state index is -3.35. The van der Waals surface area contributed by atoms with E-state index in [2.05, 4.69) is 16.0 Å². The Hall–Kier alpha value is -0.800. The molecular weight excluding hydrogens is 429 g/mol. The third-order valence-electron chi connectivity index (χ3n) is 3.55. The summed E-state index contributed by atoms with van der Waals surface area (Å²) in [5.74, 6) is -1.33. The lowest BCUT2D eigenvalue weighted by molar-refractivity contribution is -0.120. The quantitative estimate of drug-likeness (QED) is 0.488. The summed E-state index contributed by atoms with van der Waals surface area (Å²) in [6, 6.07) is 6.12. The van der Waals surface area contributed by atoms with Gasteiger partial charge in [0.15, 0.2) is 14.9 Å². The number of thiocarbonyl (C=S) groups is 1. The van der Waals surface area contributed by atoms with E-state index in [4.69, 9.17) is 47.0 Å². The average molecular weight is 445 g/mol. The molecule has 1 aromatic carbocycles. The summed E-state index contributed by atoms with van der Waals surface area (Å²) in [7, 11) is -3.35. The van der Waals surface area contributed by atoms with Crippen molar-refractivity contribution >= 4 is 73.6 Å². The molecule has 1 heterocycles.